The lowest BCUT2D eigenvalue weighted by Gasteiger charge is -2.24. The quantitative estimate of drug-likeness (QED) is 0.754. The van der Waals surface area contributed by atoms with E-state index in [2.05, 4.69) is 60.7 Å². The Kier molecular flexibility index (Phi) is 2.99. The predicted octanol–water partition coefficient (Wildman–Crippen LogP) is 4.32. The molecule has 3 rings (SSSR count). The normalized spacial score (nSPS) is 18.1. The largest absolute Gasteiger partial charge is 0.376 e. The van der Waals surface area contributed by atoms with Crippen LogP contribution in [0.3, 0.4) is 0 Å². The Balaban J connectivity index is 2.07. The molecule has 0 bridgehead atoms. The van der Waals surface area contributed by atoms with Gasteiger partial charge in [0.2, 0.25) is 0 Å². The maximum absolute atomic E-state index is 5.63. The molecule has 90 valence electrons. The first kappa shape index (κ1) is 11.2. The number of hydrogen-bond acceptors (Lipinski definition) is 1. The molecule has 1 aliphatic rings. The fourth-order valence-electron chi connectivity index (χ4n) is 2.56. The smallest absolute Gasteiger partial charge is 0.0867 e. The molecule has 0 heterocycles. The standard InChI is InChI=1S/C17H16O/c1-18-17-12-15(13-7-3-2-4-8-13)11-14-9-5-6-10-16(14)17/h2-11,17H,12H2,1H3. The van der Waals surface area contributed by atoms with Gasteiger partial charge in [0.1, 0.15) is 0 Å². The lowest BCUT2D eigenvalue weighted by Crippen LogP contribution is -2.08. The van der Waals surface area contributed by atoms with E-state index in [1.165, 1.54) is 22.3 Å². The molecule has 0 aromatic heterocycles. The van der Waals surface area contributed by atoms with E-state index < -0.39 is 0 Å². The van der Waals surface area contributed by atoms with Crippen molar-refractivity contribution in [2.24, 2.45) is 0 Å². The van der Waals surface area contributed by atoms with Gasteiger partial charge in [0.25, 0.3) is 0 Å². The first-order valence-electron chi connectivity index (χ1n) is 6.26. The highest BCUT2D eigenvalue weighted by molar-refractivity contribution is 5.84. The zero-order valence-electron chi connectivity index (χ0n) is 10.5. The summed E-state index contributed by atoms with van der Waals surface area (Å²) in [6.45, 7) is 0. The Morgan fingerprint density at radius 1 is 0.944 bits per heavy atom. The number of benzene rings is 2. The zero-order chi connectivity index (χ0) is 12.4. The van der Waals surface area contributed by atoms with Crippen LogP contribution in [0.4, 0.5) is 0 Å². The molecule has 18 heavy (non-hydrogen) atoms. The number of methoxy groups -OCH3 is 1. The first-order valence-corrected chi connectivity index (χ1v) is 6.26. The highest BCUT2D eigenvalue weighted by Crippen LogP contribution is 2.38. The second-order valence-electron chi connectivity index (χ2n) is 4.59. The van der Waals surface area contributed by atoms with Crippen LogP contribution in [0.5, 0.6) is 0 Å². The van der Waals surface area contributed by atoms with E-state index in [-0.39, 0.29) is 6.10 Å². The molecule has 2 aromatic rings. The van der Waals surface area contributed by atoms with Gasteiger partial charge in [0, 0.05) is 13.5 Å². The Morgan fingerprint density at radius 2 is 1.67 bits per heavy atom. The maximum Gasteiger partial charge on any atom is 0.0867 e. The molecule has 2 aromatic carbocycles. The summed E-state index contributed by atoms with van der Waals surface area (Å²) in [5.41, 5.74) is 5.20. The molecule has 1 aliphatic carbocycles. The van der Waals surface area contributed by atoms with E-state index in [9.17, 15) is 0 Å². The monoisotopic (exact) mass is 236 g/mol. The number of hydrogen-bond donors (Lipinski definition) is 0. The van der Waals surface area contributed by atoms with Crippen LogP contribution in [0.15, 0.2) is 54.6 Å². The highest BCUT2D eigenvalue weighted by Gasteiger charge is 2.20. The van der Waals surface area contributed by atoms with E-state index >= 15 is 0 Å². The summed E-state index contributed by atoms with van der Waals surface area (Å²) in [4.78, 5) is 0. The van der Waals surface area contributed by atoms with Crippen molar-refractivity contribution in [3.05, 3.63) is 71.3 Å². The molecule has 1 heteroatoms. The fourth-order valence-corrected chi connectivity index (χ4v) is 2.56. The van der Waals surface area contributed by atoms with Gasteiger partial charge in [0.15, 0.2) is 0 Å². The number of fused-ring (bicyclic) bond motifs is 1. The summed E-state index contributed by atoms with van der Waals surface area (Å²) in [6.07, 6.45) is 3.39. The van der Waals surface area contributed by atoms with Crippen molar-refractivity contribution >= 4 is 11.6 Å². The summed E-state index contributed by atoms with van der Waals surface area (Å²) in [5, 5.41) is 0. The van der Waals surface area contributed by atoms with Crippen molar-refractivity contribution < 1.29 is 4.74 Å². The van der Waals surface area contributed by atoms with Crippen LogP contribution in [0.1, 0.15) is 29.2 Å². The van der Waals surface area contributed by atoms with Gasteiger partial charge in [-0.15, -0.1) is 0 Å². The number of rotatable bonds is 2. The van der Waals surface area contributed by atoms with Crippen molar-refractivity contribution in [2.75, 3.05) is 7.11 Å². The molecule has 0 saturated heterocycles. The summed E-state index contributed by atoms with van der Waals surface area (Å²) in [7, 11) is 1.79. The van der Waals surface area contributed by atoms with Crippen LogP contribution in [0.25, 0.3) is 11.6 Å². The number of ether oxygens (including phenoxy) is 1. The second-order valence-corrected chi connectivity index (χ2v) is 4.59. The van der Waals surface area contributed by atoms with Gasteiger partial charge in [-0.05, 0) is 22.3 Å². The predicted molar refractivity (Wildman–Crippen MR) is 75.1 cm³/mol. The van der Waals surface area contributed by atoms with Gasteiger partial charge in [-0.25, -0.2) is 0 Å². The van der Waals surface area contributed by atoms with Crippen LogP contribution in [-0.2, 0) is 4.74 Å². The molecule has 0 aliphatic heterocycles. The SMILES string of the molecule is COC1CC(c2ccccc2)=Cc2ccccc21. The maximum atomic E-state index is 5.63. The first-order chi connectivity index (χ1) is 8.88. The van der Waals surface area contributed by atoms with Crippen LogP contribution in [0, 0.1) is 0 Å². The highest BCUT2D eigenvalue weighted by atomic mass is 16.5. The lowest BCUT2D eigenvalue weighted by atomic mass is 9.87. The Bertz CT molecular complexity index is 569. The Hall–Kier alpha value is -1.86. The average Bonchev–Trinajstić information content (AvgIpc) is 2.47. The molecule has 0 fully saturated rings. The Morgan fingerprint density at radius 3 is 2.44 bits per heavy atom. The molecule has 1 nitrogen and oxygen atoms in total. The third-order valence-electron chi connectivity index (χ3n) is 3.51. The molecular weight excluding hydrogens is 220 g/mol. The van der Waals surface area contributed by atoms with Crippen molar-refractivity contribution in [2.45, 2.75) is 12.5 Å². The van der Waals surface area contributed by atoms with Crippen LogP contribution < -0.4 is 0 Å². The van der Waals surface area contributed by atoms with Crippen molar-refractivity contribution in [3.8, 4) is 0 Å². The van der Waals surface area contributed by atoms with Gasteiger partial charge in [-0.2, -0.15) is 0 Å². The molecular formula is C17H16O. The third kappa shape index (κ3) is 1.98. The van der Waals surface area contributed by atoms with E-state index in [0.717, 1.165) is 6.42 Å². The molecule has 1 atom stereocenters. The Labute approximate surface area is 108 Å². The van der Waals surface area contributed by atoms with E-state index in [1.807, 2.05) is 0 Å². The van der Waals surface area contributed by atoms with Gasteiger partial charge >= 0.3 is 0 Å². The molecule has 1 unspecified atom stereocenters. The topological polar surface area (TPSA) is 9.23 Å². The van der Waals surface area contributed by atoms with Crippen LogP contribution in [-0.4, -0.2) is 7.11 Å². The van der Waals surface area contributed by atoms with Gasteiger partial charge in [-0.1, -0.05) is 60.7 Å². The minimum Gasteiger partial charge on any atom is -0.376 e. The summed E-state index contributed by atoms with van der Waals surface area (Å²) in [6, 6.07) is 19.0. The second kappa shape index (κ2) is 4.79. The molecule has 0 radical (unpaired) electrons. The van der Waals surface area contributed by atoms with Crippen molar-refractivity contribution in [3.63, 3.8) is 0 Å². The zero-order valence-corrected chi connectivity index (χ0v) is 10.5. The van der Waals surface area contributed by atoms with Crippen LogP contribution >= 0.6 is 0 Å². The van der Waals surface area contributed by atoms with Gasteiger partial charge in [0.05, 0.1) is 6.10 Å². The summed E-state index contributed by atoms with van der Waals surface area (Å²) >= 11 is 0. The van der Waals surface area contributed by atoms with Gasteiger partial charge in [-0.3, -0.25) is 0 Å². The van der Waals surface area contributed by atoms with E-state index in [4.69, 9.17) is 4.74 Å². The molecule has 0 spiro atoms. The van der Waals surface area contributed by atoms with Crippen molar-refractivity contribution in [1.29, 1.82) is 0 Å². The molecule has 0 N–H and O–H groups in total. The lowest BCUT2D eigenvalue weighted by molar-refractivity contribution is 0.107. The summed E-state index contributed by atoms with van der Waals surface area (Å²) < 4.78 is 5.63. The average molecular weight is 236 g/mol. The molecule has 0 saturated carbocycles. The van der Waals surface area contributed by atoms with E-state index in [0.29, 0.717) is 0 Å². The fraction of sp³-hybridized carbons (Fsp3) is 0.176. The van der Waals surface area contributed by atoms with Gasteiger partial charge < -0.3 is 4.74 Å². The summed E-state index contributed by atoms with van der Waals surface area (Å²) in [5.74, 6) is 0. The minimum absolute atomic E-state index is 0.168. The minimum atomic E-state index is 0.168. The third-order valence-corrected chi connectivity index (χ3v) is 3.51. The van der Waals surface area contributed by atoms with E-state index in [1.54, 1.807) is 7.11 Å². The molecule has 0 amide bonds. The van der Waals surface area contributed by atoms with Crippen molar-refractivity contribution in [1.82, 2.24) is 0 Å². The van der Waals surface area contributed by atoms with Crippen LogP contribution in [0.2, 0.25) is 0 Å².